The van der Waals surface area contributed by atoms with E-state index in [1.54, 1.807) is 0 Å². The minimum Gasteiger partial charge on any atom is -0.374 e. The molecule has 0 N–H and O–H groups in total. The summed E-state index contributed by atoms with van der Waals surface area (Å²) in [6.45, 7) is 15.4. The lowest BCUT2D eigenvalue weighted by molar-refractivity contribution is 0.0695. The van der Waals surface area contributed by atoms with Gasteiger partial charge in [-0.05, 0) is 63.8 Å². The van der Waals surface area contributed by atoms with Crippen molar-refractivity contribution in [3.8, 4) is 11.1 Å². The second-order valence-electron chi connectivity index (χ2n) is 7.71. The summed E-state index contributed by atoms with van der Waals surface area (Å²) in [6, 6.07) is 18.5. The molecule has 0 saturated carbocycles. The van der Waals surface area contributed by atoms with Gasteiger partial charge in [0.25, 0.3) is 0 Å². The lowest BCUT2D eigenvalue weighted by Gasteiger charge is -2.28. The standard InChI is InChI=1S/C26H42O6Si2/c1-7-27-33(28-8-2,29-9-3)21-23-13-17-25(18-14-23)26-19-15-24(16-20-26)22-34(30-10-4,31-11-5)32-12-6/h13-20H,7-12,21-22H2,1-6H3. The van der Waals surface area contributed by atoms with Crippen molar-refractivity contribution in [2.45, 2.75) is 53.6 Å². The van der Waals surface area contributed by atoms with Gasteiger partial charge in [0.05, 0.1) is 0 Å². The van der Waals surface area contributed by atoms with Crippen LogP contribution in [0.2, 0.25) is 0 Å². The molecule has 0 unspecified atom stereocenters. The van der Waals surface area contributed by atoms with Crippen molar-refractivity contribution in [3.05, 3.63) is 59.7 Å². The van der Waals surface area contributed by atoms with Crippen LogP contribution in [0.15, 0.2) is 48.5 Å². The number of benzene rings is 2. The predicted octanol–water partition coefficient (Wildman–Crippen LogP) is 5.61. The molecule has 2 rings (SSSR count). The van der Waals surface area contributed by atoms with Crippen molar-refractivity contribution in [1.29, 1.82) is 0 Å². The summed E-state index contributed by atoms with van der Waals surface area (Å²) >= 11 is 0. The van der Waals surface area contributed by atoms with Crippen LogP contribution in [0.3, 0.4) is 0 Å². The normalized spacial score (nSPS) is 12.3. The Morgan fingerprint density at radius 1 is 0.412 bits per heavy atom. The van der Waals surface area contributed by atoms with Crippen molar-refractivity contribution >= 4 is 17.6 Å². The Morgan fingerprint density at radius 2 is 0.647 bits per heavy atom. The summed E-state index contributed by atoms with van der Waals surface area (Å²) in [6.07, 6.45) is 0. The first-order valence-corrected chi connectivity index (χ1v) is 16.4. The molecule has 0 aromatic heterocycles. The molecular formula is C26H42O6Si2. The van der Waals surface area contributed by atoms with Gasteiger partial charge in [-0.25, -0.2) is 0 Å². The fourth-order valence-corrected chi connectivity index (χ4v) is 9.23. The van der Waals surface area contributed by atoms with Crippen LogP contribution in [0.5, 0.6) is 0 Å². The third-order valence-electron chi connectivity index (χ3n) is 5.27. The summed E-state index contributed by atoms with van der Waals surface area (Å²) in [5.74, 6) is 0. The van der Waals surface area contributed by atoms with Gasteiger partial charge in [-0.1, -0.05) is 48.5 Å². The van der Waals surface area contributed by atoms with Crippen LogP contribution in [-0.4, -0.2) is 57.3 Å². The lowest BCUT2D eigenvalue weighted by Crippen LogP contribution is -2.48. The Morgan fingerprint density at radius 3 is 0.853 bits per heavy atom. The summed E-state index contributed by atoms with van der Waals surface area (Å²) in [5.41, 5.74) is 4.64. The van der Waals surface area contributed by atoms with Crippen LogP contribution in [0.4, 0.5) is 0 Å². The summed E-state index contributed by atoms with van der Waals surface area (Å²) in [5, 5.41) is 0. The molecule has 0 bridgehead atoms. The van der Waals surface area contributed by atoms with Gasteiger partial charge in [0.15, 0.2) is 0 Å². The monoisotopic (exact) mass is 506 g/mol. The van der Waals surface area contributed by atoms with E-state index in [0.717, 1.165) is 22.3 Å². The van der Waals surface area contributed by atoms with Crippen LogP contribution in [0.25, 0.3) is 11.1 Å². The fraction of sp³-hybridized carbons (Fsp3) is 0.538. The van der Waals surface area contributed by atoms with E-state index in [0.29, 0.717) is 51.7 Å². The largest absolute Gasteiger partial charge is 0.505 e. The molecule has 0 fully saturated rings. The highest BCUT2D eigenvalue weighted by atomic mass is 28.4. The second-order valence-corrected chi connectivity index (χ2v) is 12.9. The Kier molecular flexibility index (Phi) is 12.7. The van der Waals surface area contributed by atoms with Gasteiger partial charge < -0.3 is 26.6 Å². The van der Waals surface area contributed by atoms with E-state index >= 15 is 0 Å². The molecule has 0 heterocycles. The zero-order chi connectivity index (χ0) is 24.9. The van der Waals surface area contributed by atoms with E-state index in [4.69, 9.17) is 26.6 Å². The molecule has 0 radical (unpaired) electrons. The number of hydrogen-bond acceptors (Lipinski definition) is 6. The van der Waals surface area contributed by atoms with E-state index in [9.17, 15) is 0 Å². The van der Waals surface area contributed by atoms with Crippen molar-refractivity contribution in [3.63, 3.8) is 0 Å². The van der Waals surface area contributed by atoms with E-state index in [1.165, 1.54) is 0 Å². The molecule has 2 aromatic carbocycles. The molecule has 8 heteroatoms. The van der Waals surface area contributed by atoms with Crippen LogP contribution >= 0.6 is 0 Å². The molecular weight excluding hydrogens is 464 g/mol. The van der Waals surface area contributed by atoms with Gasteiger partial charge >= 0.3 is 17.6 Å². The molecule has 2 aromatic rings. The lowest BCUT2D eigenvalue weighted by atomic mass is 10.0. The van der Waals surface area contributed by atoms with Crippen LogP contribution < -0.4 is 0 Å². The van der Waals surface area contributed by atoms with Crippen LogP contribution in [0, 0.1) is 0 Å². The van der Waals surface area contributed by atoms with Crippen molar-refractivity contribution in [1.82, 2.24) is 0 Å². The third kappa shape index (κ3) is 8.39. The van der Waals surface area contributed by atoms with Gasteiger partial charge in [0, 0.05) is 51.7 Å². The average molecular weight is 507 g/mol. The van der Waals surface area contributed by atoms with Crippen LogP contribution in [-0.2, 0) is 38.6 Å². The highest BCUT2D eigenvalue weighted by molar-refractivity contribution is 6.60. The van der Waals surface area contributed by atoms with Crippen molar-refractivity contribution < 1.29 is 26.6 Å². The van der Waals surface area contributed by atoms with Crippen molar-refractivity contribution in [2.24, 2.45) is 0 Å². The van der Waals surface area contributed by atoms with Gasteiger partial charge in [-0.2, -0.15) is 0 Å². The van der Waals surface area contributed by atoms with E-state index in [2.05, 4.69) is 48.5 Å². The summed E-state index contributed by atoms with van der Waals surface area (Å²) < 4.78 is 36.0. The second kappa shape index (κ2) is 14.9. The first kappa shape index (κ1) is 28.9. The minimum absolute atomic E-state index is 0.580. The van der Waals surface area contributed by atoms with E-state index in [-0.39, 0.29) is 0 Å². The quantitative estimate of drug-likeness (QED) is 0.260. The molecule has 6 nitrogen and oxygen atoms in total. The Bertz CT molecular complexity index is 710. The maximum absolute atomic E-state index is 6.00. The maximum atomic E-state index is 6.00. The molecule has 0 aliphatic carbocycles. The highest BCUT2D eigenvalue weighted by Crippen LogP contribution is 2.25. The Hall–Kier alpha value is -1.37. The highest BCUT2D eigenvalue weighted by Gasteiger charge is 2.41. The SMILES string of the molecule is CCO[Si](Cc1ccc(-c2ccc(C[Si](OCC)(OCC)OCC)cc2)cc1)(OCC)OCC. The smallest absolute Gasteiger partial charge is 0.374 e. The fourth-order valence-electron chi connectivity index (χ4n) is 4.01. The summed E-state index contributed by atoms with van der Waals surface area (Å²) in [4.78, 5) is 0. The first-order valence-electron chi connectivity index (χ1n) is 12.5. The zero-order valence-corrected chi connectivity index (χ0v) is 23.7. The van der Waals surface area contributed by atoms with Crippen molar-refractivity contribution in [2.75, 3.05) is 39.6 Å². The number of hydrogen-bond donors (Lipinski definition) is 0. The topological polar surface area (TPSA) is 55.4 Å². The zero-order valence-electron chi connectivity index (χ0n) is 21.7. The van der Waals surface area contributed by atoms with Crippen LogP contribution in [0.1, 0.15) is 52.7 Å². The van der Waals surface area contributed by atoms with Gasteiger partial charge in [0.2, 0.25) is 0 Å². The first-order chi connectivity index (χ1) is 16.5. The van der Waals surface area contributed by atoms with Gasteiger partial charge in [-0.3, -0.25) is 0 Å². The molecule has 0 saturated heterocycles. The molecule has 0 aliphatic rings. The van der Waals surface area contributed by atoms with Gasteiger partial charge in [0.1, 0.15) is 0 Å². The Labute approximate surface area is 208 Å². The van der Waals surface area contributed by atoms with Gasteiger partial charge in [-0.15, -0.1) is 0 Å². The Balaban J connectivity index is 2.15. The minimum atomic E-state index is -2.72. The predicted molar refractivity (Wildman–Crippen MR) is 141 cm³/mol. The third-order valence-corrected chi connectivity index (χ3v) is 11.3. The van der Waals surface area contributed by atoms with E-state index < -0.39 is 17.6 Å². The maximum Gasteiger partial charge on any atom is 0.505 e. The molecule has 0 spiro atoms. The molecule has 0 aliphatic heterocycles. The summed E-state index contributed by atoms with van der Waals surface area (Å²) in [7, 11) is -5.43. The molecule has 0 amide bonds. The molecule has 0 atom stereocenters. The average Bonchev–Trinajstić information content (AvgIpc) is 2.81. The number of rotatable bonds is 17. The molecule has 34 heavy (non-hydrogen) atoms. The van der Waals surface area contributed by atoms with E-state index in [1.807, 2.05) is 41.5 Å². The molecule has 190 valence electrons.